The molecule has 0 atom stereocenters. The lowest BCUT2D eigenvalue weighted by Crippen LogP contribution is -2.49. The lowest BCUT2D eigenvalue weighted by Gasteiger charge is -2.37. The zero-order valence-corrected chi connectivity index (χ0v) is 25.3. The van der Waals surface area contributed by atoms with Gasteiger partial charge in [-0.1, -0.05) is 0 Å². The summed E-state index contributed by atoms with van der Waals surface area (Å²) in [5.41, 5.74) is 1.24. The van der Waals surface area contributed by atoms with Crippen LogP contribution >= 0.6 is 0 Å². The maximum Gasteiger partial charge on any atom is 0.248 e. The van der Waals surface area contributed by atoms with Gasteiger partial charge in [0.05, 0.1) is 18.6 Å². The van der Waals surface area contributed by atoms with Crippen molar-refractivity contribution in [3.8, 4) is 5.75 Å². The summed E-state index contributed by atoms with van der Waals surface area (Å²) in [7, 11) is 3.22. The highest BCUT2D eigenvalue weighted by Crippen LogP contribution is 2.31. The minimum Gasteiger partial charge on any atom is -0.497 e. The fourth-order valence-corrected chi connectivity index (χ4v) is 7.10. The molecule has 1 aliphatic heterocycles. The number of hydrogen-bond acceptors (Lipinski definition) is 7. The van der Waals surface area contributed by atoms with E-state index in [2.05, 4.69) is 11.9 Å². The van der Waals surface area contributed by atoms with Gasteiger partial charge in [0.25, 0.3) is 0 Å². The highest BCUT2D eigenvalue weighted by molar-refractivity contribution is 7.89. The van der Waals surface area contributed by atoms with E-state index in [1.165, 1.54) is 11.4 Å². The standard InChI is InChI=1S/C28H46N4O6S/c1-21-17-25(37-6)18-22(2)27(21)39(35,36)31(5)15-16-38-20-26(33)30(4)19-23-7-9-24(10-8-23)28(34)32-13-11-29(3)12-14-32/h17-18,23-24H,7-16,19-20H2,1-6H3/t23-,24-. The average molecular weight is 567 g/mol. The first-order valence-corrected chi connectivity index (χ1v) is 15.3. The van der Waals surface area contributed by atoms with Crippen LogP contribution in [-0.4, -0.2) is 120 Å². The molecule has 2 aliphatic rings. The number of sulfonamides is 1. The number of amides is 2. The number of aryl methyl sites for hydroxylation is 2. The molecule has 1 heterocycles. The summed E-state index contributed by atoms with van der Waals surface area (Å²) in [5, 5.41) is 0. The second-order valence-corrected chi connectivity index (χ2v) is 13.1. The van der Waals surface area contributed by atoms with E-state index < -0.39 is 10.0 Å². The molecule has 10 nitrogen and oxygen atoms in total. The molecule has 0 N–H and O–H groups in total. The van der Waals surface area contributed by atoms with E-state index in [1.54, 1.807) is 45.0 Å². The zero-order valence-electron chi connectivity index (χ0n) is 24.4. The Labute approximate surface area is 234 Å². The lowest BCUT2D eigenvalue weighted by molar-refractivity contribution is -0.139. The van der Waals surface area contributed by atoms with Crippen molar-refractivity contribution in [1.29, 1.82) is 0 Å². The number of likely N-dealkylation sites (N-methyl/N-ethyl adjacent to an activating group) is 3. The monoisotopic (exact) mass is 566 g/mol. The minimum atomic E-state index is -3.71. The molecule has 3 rings (SSSR count). The third-order valence-corrected chi connectivity index (χ3v) is 10.2. The van der Waals surface area contributed by atoms with Crippen LogP contribution in [-0.2, 0) is 24.3 Å². The van der Waals surface area contributed by atoms with E-state index in [0.29, 0.717) is 35.2 Å². The normalized spacial score (nSPS) is 20.7. The summed E-state index contributed by atoms with van der Waals surface area (Å²) < 4.78 is 38.3. The first-order valence-electron chi connectivity index (χ1n) is 13.8. The van der Waals surface area contributed by atoms with Crippen LogP contribution < -0.4 is 4.74 Å². The van der Waals surface area contributed by atoms with Gasteiger partial charge < -0.3 is 24.2 Å². The summed E-state index contributed by atoms with van der Waals surface area (Å²) in [5.74, 6) is 1.27. The number of ether oxygens (including phenoxy) is 2. The number of carbonyl (C=O) groups excluding carboxylic acids is 2. The zero-order chi connectivity index (χ0) is 28.7. The molecule has 1 saturated carbocycles. The summed E-state index contributed by atoms with van der Waals surface area (Å²) in [6.07, 6.45) is 3.63. The molecule has 1 saturated heterocycles. The Hall–Kier alpha value is -2.21. The molecule has 0 unspecified atom stereocenters. The number of methoxy groups -OCH3 is 1. The highest BCUT2D eigenvalue weighted by Gasteiger charge is 2.31. The molecular formula is C28H46N4O6S. The maximum atomic E-state index is 13.1. The molecule has 1 aromatic carbocycles. The van der Waals surface area contributed by atoms with Crippen LogP contribution in [0.25, 0.3) is 0 Å². The number of benzene rings is 1. The first-order chi connectivity index (χ1) is 18.4. The molecule has 1 aliphatic carbocycles. The highest BCUT2D eigenvalue weighted by atomic mass is 32.2. The van der Waals surface area contributed by atoms with E-state index >= 15 is 0 Å². The van der Waals surface area contributed by atoms with Gasteiger partial charge in [0.1, 0.15) is 12.4 Å². The topological polar surface area (TPSA) is 99.7 Å². The number of carbonyl (C=O) groups is 2. The number of piperazine rings is 1. The average Bonchev–Trinajstić information content (AvgIpc) is 2.90. The molecular weight excluding hydrogens is 520 g/mol. The predicted molar refractivity (Wildman–Crippen MR) is 150 cm³/mol. The van der Waals surface area contributed by atoms with Crippen molar-refractivity contribution in [3.63, 3.8) is 0 Å². The molecule has 0 bridgehead atoms. The van der Waals surface area contributed by atoms with Crippen molar-refractivity contribution < 1.29 is 27.5 Å². The number of rotatable bonds is 11. The summed E-state index contributed by atoms with van der Waals surface area (Å²) in [6.45, 7) is 7.79. The molecule has 11 heteroatoms. The molecule has 220 valence electrons. The van der Waals surface area contributed by atoms with Crippen molar-refractivity contribution in [3.05, 3.63) is 23.3 Å². The summed E-state index contributed by atoms with van der Waals surface area (Å²) in [4.78, 5) is 31.7. The van der Waals surface area contributed by atoms with Crippen LogP contribution in [0, 0.1) is 25.7 Å². The molecule has 0 aromatic heterocycles. The first kappa shape index (κ1) is 31.3. The van der Waals surface area contributed by atoms with Gasteiger partial charge in [-0.15, -0.1) is 0 Å². The minimum absolute atomic E-state index is 0.0950. The smallest absolute Gasteiger partial charge is 0.248 e. The fraction of sp³-hybridized carbons (Fsp3) is 0.714. The number of nitrogens with zero attached hydrogens (tertiary/aromatic N) is 4. The maximum absolute atomic E-state index is 13.1. The van der Waals surface area contributed by atoms with Crippen LogP contribution in [0.1, 0.15) is 36.8 Å². The third kappa shape index (κ3) is 8.15. The van der Waals surface area contributed by atoms with E-state index in [0.717, 1.165) is 51.9 Å². The van der Waals surface area contributed by atoms with E-state index in [9.17, 15) is 18.0 Å². The number of hydrogen-bond donors (Lipinski definition) is 0. The summed E-state index contributed by atoms with van der Waals surface area (Å²) in [6, 6.07) is 3.41. The van der Waals surface area contributed by atoms with Gasteiger partial charge in [0, 0.05) is 59.3 Å². The van der Waals surface area contributed by atoms with E-state index in [1.807, 2.05) is 4.90 Å². The Bertz CT molecular complexity index is 1070. The Morgan fingerprint density at radius 3 is 2.15 bits per heavy atom. The van der Waals surface area contributed by atoms with Crippen molar-refractivity contribution in [2.45, 2.75) is 44.4 Å². The second kappa shape index (κ2) is 13.9. The molecule has 2 amide bonds. The van der Waals surface area contributed by atoms with Gasteiger partial charge in [-0.3, -0.25) is 9.59 Å². The lowest BCUT2D eigenvalue weighted by atomic mass is 9.81. The Morgan fingerprint density at radius 2 is 1.59 bits per heavy atom. The van der Waals surface area contributed by atoms with Gasteiger partial charge in [0.15, 0.2) is 0 Å². The Kier molecular flexibility index (Phi) is 11.2. The molecule has 0 spiro atoms. The molecule has 0 radical (unpaired) electrons. The quantitative estimate of drug-likeness (QED) is 0.378. The third-order valence-electron chi connectivity index (χ3n) is 8.08. The predicted octanol–water partition coefficient (Wildman–Crippen LogP) is 1.99. The molecule has 1 aromatic rings. The fourth-order valence-electron chi connectivity index (χ4n) is 5.54. The summed E-state index contributed by atoms with van der Waals surface area (Å²) >= 11 is 0. The van der Waals surface area contributed by atoms with Crippen LogP contribution in [0.4, 0.5) is 0 Å². The van der Waals surface area contributed by atoms with Crippen molar-refractivity contribution in [2.24, 2.45) is 11.8 Å². The van der Waals surface area contributed by atoms with Crippen LogP contribution in [0.3, 0.4) is 0 Å². The van der Waals surface area contributed by atoms with Gasteiger partial charge in [-0.25, -0.2) is 8.42 Å². The van der Waals surface area contributed by atoms with Gasteiger partial charge >= 0.3 is 0 Å². The van der Waals surface area contributed by atoms with E-state index in [4.69, 9.17) is 9.47 Å². The van der Waals surface area contributed by atoms with Crippen LogP contribution in [0.2, 0.25) is 0 Å². The van der Waals surface area contributed by atoms with Crippen LogP contribution in [0.5, 0.6) is 5.75 Å². The van der Waals surface area contributed by atoms with Crippen molar-refractivity contribution in [2.75, 3.05) is 80.7 Å². The van der Waals surface area contributed by atoms with Crippen molar-refractivity contribution in [1.82, 2.24) is 19.0 Å². The van der Waals surface area contributed by atoms with Crippen LogP contribution in [0.15, 0.2) is 17.0 Å². The SMILES string of the molecule is COc1cc(C)c(S(=O)(=O)N(C)CCOCC(=O)N(C)C[C@H]2CC[C@H](C(=O)N3CCN(C)CC3)CC2)c(C)c1. The van der Waals surface area contributed by atoms with Gasteiger partial charge in [-0.2, -0.15) is 4.31 Å². The van der Waals surface area contributed by atoms with E-state index in [-0.39, 0.29) is 36.5 Å². The largest absolute Gasteiger partial charge is 0.497 e. The second-order valence-electron chi connectivity index (χ2n) is 11.1. The molecule has 39 heavy (non-hydrogen) atoms. The molecule has 2 fully saturated rings. The van der Waals surface area contributed by atoms with Crippen molar-refractivity contribution >= 4 is 21.8 Å². The Balaban J connectivity index is 1.38. The van der Waals surface area contributed by atoms with Gasteiger partial charge in [0.2, 0.25) is 21.8 Å². The van der Waals surface area contributed by atoms with Gasteiger partial charge in [-0.05, 0) is 75.8 Å². The Morgan fingerprint density at radius 1 is 1.00 bits per heavy atom.